The lowest BCUT2D eigenvalue weighted by Gasteiger charge is -2.32. The molecule has 0 saturated carbocycles. The van der Waals surface area contributed by atoms with Crippen LogP contribution in [0.5, 0.6) is 0 Å². The number of hydrogen-bond donors (Lipinski definition) is 1. The SMILES string of the molecule is C[C@@H]1C[NH+](CC(=O)N(C)Cc2ccc(N(C)C)cc2)C[C@H](C)O1. The van der Waals surface area contributed by atoms with Crippen LogP contribution in [0.25, 0.3) is 0 Å². The van der Waals surface area contributed by atoms with Gasteiger partial charge in [-0.25, -0.2) is 0 Å². The molecule has 5 nitrogen and oxygen atoms in total. The molecule has 1 fully saturated rings. The van der Waals surface area contributed by atoms with E-state index in [2.05, 4.69) is 43.0 Å². The number of nitrogens with zero attached hydrogens (tertiary/aromatic N) is 2. The van der Waals surface area contributed by atoms with Gasteiger partial charge in [-0.1, -0.05) is 12.1 Å². The zero-order chi connectivity index (χ0) is 17.0. The molecule has 1 N–H and O–H groups in total. The lowest BCUT2D eigenvalue weighted by molar-refractivity contribution is -0.907. The van der Waals surface area contributed by atoms with Crippen molar-refractivity contribution in [1.29, 1.82) is 0 Å². The Hall–Kier alpha value is -1.59. The summed E-state index contributed by atoms with van der Waals surface area (Å²) in [7, 11) is 5.93. The second-order valence-corrected chi connectivity index (χ2v) is 6.90. The molecular weight excluding hydrogens is 290 g/mol. The zero-order valence-corrected chi connectivity index (χ0v) is 15.0. The Kier molecular flexibility index (Phi) is 6.02. The Bertz CT molecular complexity index is 506. The maximum absolute atomic E-state index is 12.5. The number of benzene rings is 1. The average molecular weight is 320 g/mol. The van der Waals surface area contributed by atoms with Crippen molar-refractivity contribution < 1.29 is 14.4 Å². The Labute approximate surface area is 139 Å². The highest BCUT2D eigenvalue weighted by molar-refractivity contribution is 5.76. The van der Waals surface area contributed by atoms with Crippen LogP contribution in [0.2, 0.25) is 0 Å². The van der Waals surface area contributed by atoms with E-state index in [1.165, 1.54) is 10.6 Å². The fourth-order valence-electron chi connectivity index (χ4n) is 3.14. The summed E-state index contributed by atoms with van der Waals surface area (Å²) in [5.41, 5.74) is 2.33. The Balaban J connectivity index is 1.87. The molecule has 3 atom stereocenters. The Morgan fingerprint density at radius 1 is 1.13 bits per heavy atom. The van der Waals surface area contributed by atoms with E-state index in [0.717, 1.165) is 18.7 Å². The lowest BCUT2D eigenvalue weighted by Crippen LogP contribution is -3.16. The summed E-state index contributed by atoms with van der Waals surface area (Å²) in [4.78, 5) is 17.7. The van der Waals surface area contributed by atoms with Gasteiger partial charge in [-0.05, 0) is 31.5 Å². The quantitative estimate of drug-likeness (QED) is 0.853. The number of carbonyl (C=O) groups excluding carboxylic acids is 1. The minimum Gasteiger partial charge on any atom is -0.378 e. The Morgan fingerprint density at radius 2 is 1.70 bits per heavy atom. The average Bonchev–Trinajstić information content (AvgIpc) is 2.46. The van der Waals surface area contributed by atoms with Crippen molar-refractivity contribution in [2.75, 3.05) is 45.7 Å². The van der Waals surface area contributed by atoms with Crippen LogP contribution in [-0.2, 0) is 16.1 Å². The normalized spacial score (nSPS) is 24.3. The van der Waals surface area contributed by atoms with Crippen molar-refractivity contribution in [3.8, 4) is 0 Å². The Morgan fingerprint density at radius 3 is 2.22 bits per heavy atom. The van der Waals surface area contributed by atoms with Crippen LogP contribution in [0.4, 0.5) is 5.69 Å². The highest BCUT2D eigenvalue weighted by Crippen LogP contribution is 2.13. The molecule has 1 saturated heterocycles. The number of anilines is 1. The molecule has 1 aromatic rings. The molecule has 0 radical (unpaired) electrons. The van der Waals surface area contributed by atoms with Gasteiger partial charge in [0, 0.05) is 33.4 Å². The van der Waals surface area contributed by atoms with Crippen LogP contribution in [0.15, 0.2) is 24.3 Å². The van der Waals surface area contributed by atoms with Gasteiger partial charge in [-0.15, -0.1) is 0 Å². The summed E-state index contributed by atoms with van der Waals surface area (Å²) in [6, 6.07) is 8.35. The summed E-state index contributed by atoms with van der Waals surface area (Å²) in [6.45, 7) is 7.17. The topological polar surface area (TPSA) is 37.2 Å². The maximum Gasteiger partial charge on any atom is 0.277 e. The summed E-state index contributed by atoms with van der Waals surface area (Å²) < 4.78 is 5.73. The van der Waals surface area contributed by atoms with Gasteiger partial charge in [0.25, 0.3) is 5.91 Å². The van der Waals surface area contributed by atoms with E-state index in [1.807, 2.05) is 26.0 Å². The third-order valence-corrected chi connectivity index (χ3v) is 4.32. The van der Waals surface area contributed by atoms with Gasteiger partial charge in [-0.2, -0.15) is 0 Å². The summed E-state index contributed by atoms with van der Waals surface area (Å²) in [5, 5.41) is 0. The first-order valence-electron chi connectivity index (χ1n) is 8.34. The zero-order valence-electron chi connectivity index (χ0n) is 15.0. The van der Waals surface area contributed by atoms with Gasteiger partial charge in [-0.3, -0.25) is 4.79 Å². The molecule has 0 aromatic heterocycles. The number of likely N-dealkylation sites (N-methyl/N-ethyl adjacent to an activating group) is 1. The van der Waals surface area contributed by atoms with Gasteiger partial charge >= 0.3 is 0 Å². The van der Waals surface area contributed by atoms with Gasteiger partial charge in [0.05, 0.1) is 0 Å². The number of quaternary nitrogens is 1. The van der Waals surface area contributed by atoms with Crippen molar-refractivity contribution in [2.45, 2.75) is 32.6 Å². The van der Waals surface area contributed by atoms with Crippen molar-refractivity contribution in [3.63, 3.8) is 0 Å². The number of amides is 1. The maximum atomic E-state index is 12.5. The smallest absolute Gasteiger partial charge is 0.277 e. The fraction of sp³-hybridized carbons (Fsp3) is 0.611. The predicted octanol–water partition coefficient (Wildman–Crippen LogP) is 0.403. The first-order chi connectivity index (χ1) is 10.8. The minimum atomic E-state index is 0.193. The number of rotatable bonds is 5. The van der Waals surface area contributed by atoms with Gasteiger partial charge in [0.1, 0.15) is 25.3 Å². The number of nitrogens with one attached hydrogen (secondary N) is 1. The van der Waals surface area contributed by atoms with E-state index < -0.39 is 0 Å². The first kappa shape index (κ1) is 17.8. The molecule has 1 unspecified atom stereocenters. The van der Waals surface area contributed by atoms with Crippen LogP contribution in [0, 0.1) is 0 Å². The summed E-state index contributed by atoms with van der Waals surface area (Å²) >= 11 is 0. The molecule has 1 amide bonds. The number of morpholine rings is 1. The lowest BCUT2D eigenvalue weighted by atomic mass is 10.2. The molecule has 128 valence electrons. The summed E-state index contributed by atoms with van der Waals surface area (Å²) in [6.07, 6.45) is 0.455. The standard InChI is InChI=1S/C18H29N3O2/c1-14-10-21(11-15(2)23-14)13-18(22)20(5)12-16-6-8-17(9-7-16)19(3)4/h6-9,14-15H,10-13H2,1-5H3/p+1/t14-,15+. The molecule has 23 heavy (non-hydrogen) atoms. The number of carbonyl (C=O) groups is 1. The molecule has 1 aliphatic rings. The van der Waals surface area contributed by atoms with E-state index in [4.69, 9.17) is 4.74 Å². The third kappa shape index (κ3) is 5.22. The minimum absolute atomic E-state index is 0.193. The molecule has 0 aliphatic carbocycles. The van der Waals surface area contributed by atoms with Crippen molar-refractivity contribution >= 4 is 11.6 Å². The van der Waals surface area contributed by atoms with Gasteiger partial charge < -0.3 is 19.4 Å². The van der Waals surface area contributed by atoms with Crippen molar-refractivity contribution in [3.05, 3.63) is 29.8 Å². The first-order valence-corrected chi connectivity index (χ1v) is 8.34. The number of hydrogen-bond acceptors (Lipinski definition) is 3. The number of ether oxygens (including phenoxy) is 1. The van der Waals surface area contributed by atoms with Crippen LogP contribution in [-0.4, -0.2) is 63.8 Å². The molecule has 1 heterocycles. The van der Waals surface area contributed by atoms with E-state index in [0.29, 0.717) is 13.1 Å². The van der Waals surface area contributed by atoms with Crippen LogP contribution in [0.3, 0.4) is 0 Å². The predicted molar refractivity (Wildman–Crippen MR) is 92.8 cm³/mol. The fourth-order valence-corrected chi connectivity index (χ4v) is 3.14. The van der Waals surface area contributed by atoms with E-state index in [9.17, 15) is 4.79 Å². The van der Waals surface area contributed by atoms with E-state index in [1.54, 1.807) is 0 Å². The van der Waals surface area contributed by atoms with Crippen LogP contribution >= 0.6 is 0 Å². The van der Waals surface area contributed by atoms with Crippen molar-refractivity contribution in [2.24, 2.45) is 0 Å². The van der Waals surface area contributed by atoms with E-state index >= 15 is 0 Å². The van der Waals surface area contributed by atoms with Crippen LogP contribution in [0.1, 0.15) is 19.4 Å². The third-order valence-electron chi connectivity index (χ3n) is 4.32. The van der Waals surface area contributed by atoms with E-state index in [-0.39, 0.29) is 18.1 Å². The highest BCUT2D eigenvalue weighted by atomic mass is 16.5. The monoisotopic (exact) mass is 320 g/mol. The summed E-state index contributed by atoms with van der Waals surface area (Å²) in [5.74, 6) is 0.193. The van der Waals surface area contributed by atoms with Crippen molar-refractivity contribution in [1.82, 2.24) is 4.90 Å². The molecule has 1 aromatic carbocycles. The molecule has 0 bridgehead atoms. The highest BCUT2D eigenvalue weighted by Gasteiger charge is 2.28. The van der Waals surface area contributed by atoms with Crippen LogP contribution < -0.4 is 9.80 Å². The molecule has 1 aliphatic heterocycles. The molecular formula is C18H30N3O2+. The molecule has 0 spiro atoms. The molecule has 5 heteroatoms. The largest absolute Gasteiger partial charge is 0.378 e. The second-order valence-electron chi connectivity index (χ2n) is 6.90. The molecule has 2 rings (SSSR count). The van der Waals surface area contributed by atoms with Gasteiger partial charge in [0.2, 0.25) is 0 Å². The van der Waals surface area contributed by atoms with Gasteiger partial charge in [0.15, 0.2) is 6.54 Å². The second kappa shape index (κ2) is 7.79.